The first-order chi connectivity index (χ1) is 12.2. The van der Waals surface area contributed by atoms with Gasteiger partial charge in [-0.3, -0.25) is 9.78 Å². The number of pyridine rings is 2. The maximum atomic E-state index is 12.3. The second-order valence-corrected chi connectivity index (χ2v) is 6.31. The standard InChI is InChI=1S/C19H14N4OS/c1-12-5-6-14(9-20-12)15-8-7-13-3-2-4-16(18(13)22-15)23-19(24)17-10-25-11-21-17/h2-11H,1H3,(H,23,24). The molecule has 0 aliphatic rings. The van der Waals surface area contributed by atoms with Gasteiger partial charge in [0.15, 0.2) is 0 Å². The number of hydrogen-bond donors (Lipinski definition) is 1. The highest BCUT2D eigenvalue weighted by Crippen LogP contribution is 2.26. The average molecular weight is 346 g/mol. The van der Waals surface area contributed by atoms with E-state index < -0.39 is 0 Å². The summed E-state index contributed by atoms with van der Waals surface area (Å²) in [4.78, 5) is 25.4. The van der Waals surface area contributed by atoms with E-state index in [1.807, 2.05) is 49.4 Å². The summed E-state index contributed by atoms with van der Waals surface area (Å²) < 4.78 is 0. The molecule has 1 N–H and O–H groups in total. The van der Waals surface area contributed by atoms with Crippen LogP contribution in [0, 0.1) is 6.92 Å². The highest BCUT2D eigenvalue weighted by molar-refractivity contribution is 7.07. The molecular formula is C19H14N4OS. The molecule has 0 aliphatic heterocycles. The number of carbonyl (C=O) groups is 1. The van der Waals surface area contributed by atoms with Gasteiger partial charge in [-0.15, -0.1) is 11.3 Å². The molecule has 0 radical (unpaired) electrons. The van der Waals surface area contributed by atoms with Crippen LogP contribution >= 0.6 is 11.3 Å². The molecule has 5 nitrogen and oxygen atoms in total. The number of benzene rings is 1. The van der Waals surface area contributed by atoms with Crippen LogP contribution in [0.15, 0.2) is 59.6 Å². The number of aryl methyl sites for hydroxylation is 1. The number of nitrogens with one attached hydrogen (secondary N) is 1. The SMILES string of the molecule is Cc1ccc(-c2ccc3cccc(NC(=O)c4cscn4)c3n2)cn1. The van der Waals surface area contributed by atoms with E-state index in [0.29, 0.717) is 11.4 Å². The van der Waals surface area contributed by atoms with Crippen molar-refractivity contribution in [2.24, 2.45) is 0 Å². The zero-order chi connectivity index (χ0) is 17.2. The van der Waals surface area contributed by atoms with Crippen molar-refractivity contribution in [1.29, 1.82) is 0 Å². The number of nitrogens with zero attached hydrogens (tertiary/aromatic N) is 3. The van der Waals surface area contributed by atoms with Gasteiger partial charge >= 0.3 is 0 Å². The second kappa shape index (κ2) is 6.41. The average Bonchev–Trinajstić information content (AvgIpc) is 3.17. The van der Waals surface area contributed by atoms with E-state index in [0.717, 1.165) is 27.9 Å². The normalized spacial score (nSPS) is 10.8. The van der Waals surface area contributed by atoms with E-state index in [1.54, 1.807) is 17.1 Å². The Bertz CT molecular complexity index is 1040. The molecule has 1 amide bonds. The van der Waals surface area contributed by atoms with E-state index in [2.05, 4.69) is 15.3 Å². The molecule has 0 saturated heterocycles. The summed E-state index contributed by atoms with van der Waals surface area (Å²) in [7, 11) is 0. The van der Waals surface area contributed by atoms with Crippen LogP contribution in [-0.2, 0) is 0 Å². The predicted molar refractivity (Wildman–Crippen MR) is 99.8 cm³/mol. The van der Waals surface area contributed by atoms with Crippen molar-refractivity contribution >= 4 is 33.8 Å². The molecule has 3 heterocycles. The first kappa shape index (κ1) is 15.4. The fourth-order valence-electron chi connectivity index (χ4n) is 2.54. The molecule has 0 aliphatic carbocycles. The van der Waals surface area contributed by atoms with Crippen molar-refractivity contribution < 1.29 is 4.79 Å². The van der Waals surface area contributed by atoms with Crippen molar-refractivity contribution in [3.63, 3.8) is 0 Å². The van der Waals surface area contributed by atoms with Gasteiger partial charge in [0.2, 0.25) is 0 Å². The molecule has 3 aromatic heterocycles. The summed E-state index contributed by atoms with van der Waals surface area (Å²) in [6.07, 6.45) is 1.81. The number of carbonyl (C=O) groups excluding carboxylic acids is 1. The highest BCUT2D eigenvalue weighted by atomic mass is 32.1. The molecule has 6 heteroatoms. The first-order valence-corrected chi connectivity index (χ1v) is 8.67. The third-order valence-electron chi connectivity index (χ3n) is 3.84. The van der Waals surface area contributed by atoms with Gasteiger partial charge in [-0.05, 0) is 31.2 Å². The predicted octanol–water partition coefficient (Wildman–Crippen LogP) is 4.31. The lowest BCUT2D eigenvalue weighted by Crippen LogP contribution is -2.12. The third-order valence-corrected chi connectivity index (χ3v) is 4.43. The van der Waals surface area contributed by atoms with Crippen molar-refractivity contribution in [3.05, 3.63) is 70.9 Å². The number of anilines is 1. The number of amides is 1. The van der Waals surface area contributed by atoms with Gasteiger partial charge in [-0.1, -0.05) is 18.2 Å². The Balaban J connectivity index is 1.75. The van der Waals surface area contributed by atoms with Crippen molar-refractivity contribution in [2.45, 2.75) is 6.92 Å². The Morgan fingerprint density at radius 2 is 2.00 bits per heavy atom. The zero-order valence-electron chi connectivity index (χ0n) is 13.4. The summed E-state index contributed by atoms with van der Waals surface area (Å²) >= 11 is 1.39. The lowest BCUT2D eigenvalue weighted by Gasteiger charge is -2.09. The zero-order valence-corrected chi connectivity index (χ0v) is 14.2. The minimum Gasteiger partial charge on any atom is -0.319 e. The molecule has 25 heavy (non-hydrogen) atoms. The monoisotopic (exact) mass is 346 g/mol. The molecule has 0 unspecified atom stereocenters. The minimum atomic E-state index is -0.238. The number of rotatable bonds is 3. The second-order valence-electron chi connectivity index (χ2n) is 5.59. The van der Waals surface area contributed by atoms with Crippen molar-refractivity contribution in [3.8, 4) is 11.3 Å². The lowest BCUT2D eigenvalue weighted by atomic mass is 10.1. The van der Waals surface area contributed by atoms with E-state index in [9.17, 15) is 4.79 Å². The summed E-state index contributed by atoms with van der Waals surface area (Å²) in [5.74, 6) is -0.238. The first-order valence-electron chi connectivity index (χ1n) is 7.73. The molecule has 0 spiro atoms. The van der Waals surface area contributed by atoms with Crippen LogP contribution in [0.25, 0.3) is 22.2 Å². The van der Waals surface area contributed by atoms with E-state index in [-0.39, 0.29) is 5.91 Å². The molecule has 4 aromatic rings. The van der Waals surface area contributed by atoms with E-state index in [1.165, 1.54) is 11.3 Å². The molecular weight excluding hydrogens is 332 g/mol. The number of hydrogen-bond acceptors (Lipinski definition) is 5. The van der Waals surface area contributed by atoms with Gasteiger partial charge in [-0.25, -0.2) is 9.97 Å². The number of para-hydroxylation sites is 1. The smallest absolute Gasteiger partial charge is 0.275 e. The van der Waals surface area contributed by atoms with Gasteiger partial charge in [0.05, 0.1) is 22.4 Å². The summed E-state index contributed by atoms with van der Waals surface area (Å²) in [6, 6.07) is 13.6. The molecule has 1 aromatic carbocycles. The highest BCUT2D eigenvalue weighted by Gasteiger charge is 2.11. The molecule has 122 valence electrons. The molecule has 0 fully saturated rings. The van der Waals surface area contributed by atoms with Gasteiger partial charge in [0.1, 0.15) is 5.69 Å². The Hall–Kier alpha value is -3.12. The fourth-order valence-corrected chi connectivity index (χ4v) is 3.07. The number of aromatic nitrogens is 3. The Morgan fingerprint density at radius 3 is 2.76 bits per heavy atom. The largest absolute Gasteiger partial charge is 0.319 e. The molecule has 0 saturated carbocycles. The van der Waals surface area contributed by atoms with Gasteiger partial charge in [0, 0.05) is 28.2 Å². The van der Waals surface area contributed by atoms with Gasteiger partial charge in [-0.2, -0.15) is 0 Å². The van der Waals surface area contributed by atoms with Crippen LogP contribution in [0.2, 0.25) is 0 Å². The molecule has 4 rings (SSSR count). The Labute approximate surface area is 148 Å². The Kier molecular flexibility index (Phi) is 3.95. The van der Waals surface area contributed by atoms with E-state index >= 15 is 0 Å². The Morgan fingerprint density at radius 1 is 1.08 bits per heavy atom. The van der Waals surface area contributed by atoms with Crippen molar-refractivity contribution in [2.75, 3.05) is 5.32 Å². The summed E-state index contributed by atoms with van der Waals surface area (Å²) in [5, 5.41) is 5.58. The maximum Gasteiger partial charge on any atom is 0.275 e. The number of thiazole rings is 1. The fraction of sp³-hybridized carbons (Fsp3) is 0.0526. The molecule has 0 atom stereocenters. The van der Waals surface area contributed by atoms with Crippen LogP contribution in [0.5, 0.6) is 0 Å². The third kappa shape index (κ3) is 3.12. The summed E-state index contributed by atoms with van der Waals surface area (Å²) in [6.45, 7) is 1.95. The quantitative estimate of drug-likeness (QED) is 0.600. The van der Waals surface area contributed by atoms with Crippen LogP contribution in [-0.4, -0.2) is 20.9 Å². The van der Waals surface area contributed by atoms with Crippen LogP contribution < -0.4 is 5.32 Å². The lowest BCUT2D eigenvalue weighted by molar-refractivity contribution is 0.102. The topological polar surface area (TPSA) is 67.8 Å². The summed E-state index contributed by atoms with van der Waals surface area (Å²) in [5.41, 5.74) is 6.16. The van der Waals surface area contributed by atoms with Crippen LogP contribution in [0.3, 0.4) is 0 Å². The molecule has 0 bridgehead atoms. The van der Waals surface area contributed by atoms with Crippen LogP contribution in [0.4, 0.5) is 5.69 Å². The van der Waals surface area contributed by atoms with Gasteiger partial charge < -0.3 is 5.32 Å². The van der Waals surface area contributed by atoms with E-state index in [4.69, 9.17) is 4.98 Å². The maximum absolute atomic E-state index is 12.3. The minimum absolute atomic E-state index is 0.238. The van der Waals surface area contributed by atoms with Crippen molar-refractivity contribution in [1.82, 2.24) is 15.0 Å². The van der Waals surface area contributed by atoms with Gasteiger partial charge in [0.25, 0.3) is 5.91 Å². The number of fused-ring (bicyclic) bond motifs is 1. The van der Waals surface area contributed by atoms with Crippen LogP contribution in [0.1, 0.15) is 16.2 Å².